The third-order valence-corrected chi connectivity index (χ3v) is 4.67. The summed E-state index contributed by atoms with van der Waals surface area (Å²) in [5.41, 5.74) is -0.607. The first-order chi connectivity index (χ1) is 9.95. The van der Waals surface area contributed by atoms with Gasteiger partial charge in [-0.05, 0) is 29.6 Å². The van der Waals surface area contributed by atoms with Gasteiger partial charge in [0.25, 0.3) is 0 Å². The van der Waals surface area contributed by atoms with Crippen molar-refractivity contribution in [1.29, 1.82) is 0 Å². The predicted molar refractivity (Wildman–Crippen MR) is 79.7 cm³/mol. The number of rotatable bonds is 5. The summed E-state index contributed by atoms with van der Waals surface area (Å²) in [7, 11) is 0. The summed E-state index contributed by atoms with van der Waals surface area (Å²) in [5.74, 6) is 0.295. The molecule has 7 heteroatoms. The Morgan fingerprint density at radius 2 is 2.05 bits per heavy atom. The number of halogens is 3. The van der Waals surface area contributed by atoms with Gasteiger partial charge in [0, 0.05) is 17.9 Å². The summed E-state index contributed by atoms with van der Waals surface area (Å²) in [6.07, 6.45) is -4.16. The molecule has 0 radical (unpaired) electrons. The minimum atomic E-state index is -4.41. The summed E-state index contributed by atoms with van der Waals surface area (Å²) in [6.45, 7) is 0. The molecule has 0 saturated carbocycles. The number of carbonyl (C=O) groups excluding carboxylic acids is 1. The number of nitrogens with one attached hydrogen (secondary N) is 1. The van der Waals surface area contributed by atoms with Crippen molar-refractivity contribution in [2.75, 3.05) is 11.1 Å². The van der Waals surface area contributed by atoms with Gasteiger partial charge >= 0.3 is 6.18 Å². The molecule has 2 nitrogen and oxygen atoms in total. The van der Waals surface area contributed by atoms with Crippen molar-refractivity contribution < 1.29 is 18.0 Å². The van der Waals surface area contributed by atoms with E-state index in [-0.39, 0.29) is 18.0 Å². The molecule has 1 N–H and O–H groups in total. The minimum absolute atomic E-state index is 0.163. The summed E-state index contributed by atoms with van der Waals surface area (Å²) >= 11 is 3.14. The molecule has 112 valence electrons. The number of carbonyl (C=O) groups is 1. The maximum absolute atomic E-state index is 12.6. The number of thiophene rings is 1. The molecule has 1 heterocycles. The van der Waals surface area contributed by atoms with Crippen LogP contribution in [0.2, 0.25) is 0 Å². The molecule has 0 unspecified atom stereocenters. The molecule has 1 aromatic carbocycles. The van der Waals surface area contributed by atoms with Crippen molar-refractivity contribution >= 4 is 34.7 Å². The maximum Gasteiger partial charge on any atom is 0.416 e. The number of amides is 1. The first kappa shape index (κ1) is 15.9. The number of thioether (sulfide) groups is 1. The average molecular weight is 331 g/mol. The van der Waals surface area contributed by atoms with Gasteiger partial charge in [-0.2, -0.15) is 13.2 Å². The number of hydrogen-bond acceptors (Lipinski definition) is 3. The zero-order valence-corrected chi connectivity index (χ0v) is 12.4. The lowest BCUT2D eigenvalue weighted by Gasteiger charge is -2.09. The van der Waals surface area contributed by atoms with Gasteiger partial charge < -0.3 is 5.32 Å². The monoisotopic (exact) mass is 331 g/mol. The zero-order valence-electron chi connectivity index (χ0n) is 10.8. The lowest BCUT2D eigenvalue weighted by Crippen LogP contribution is -2.13. The van der Waals surface area contributed by atoms with Crippen LogP contribution in [0.25, 0.3) is 0 Å². The van der Waals surface area contributed by atoms with E-state index in [1.165, 1.54) is 12.1 Å². The zero-order chi connectivity index (χ0) is 15.3. The van der Waals surface area contributed by atoms with Crippen molar-refractivity contribution in [3.05, 3.63) is 47.3 Å². The second kappa shape index (κ2) is 7.00. The smallest absolute Gasteiger partial charge is 0.326 e. The SMILES string of the molecule is O=C(CCSc1cccs1)Nc1cccc(C(F)(F)F)c1. The number of alkyl halides is 3. The van der Waals surface area contributed by atoms with Crippen molar-refractivity contribution in [2.24, 2.45) is 0 Å². The molecule has 0 aliphatic carbocycles. The molecule has 0 saturated heterocycles. The molecule has 0 spiro atoms. The van der Waals surface area contributed by atoms with Crippen LogP contribution in [-0.2, 0) is 11.0 Å². The van der Waals surface area contributed by atoms with Gasteiger partial charge in [-0.25, -0.2) is 0 Å². The topological polar surface area (TPSA) is 29.1 Å². The van der Waals surface area contributed by atoms with Crippen molar-refractivity contribution in [3.8, 4) is 0 Å². The lowest BCUT2D eigenvalue weighted by atomic mass is 10.2. The molecule has 0 aliphatic rings. The number of anilines is 1. The van der Waals surface area contributed by atoms with E-state index in [1.807, 2.05) is 17.5 Å². The van der Waals surface area contributed by atoms with E-state index in [0.29, 0.717) is 5.75 Å². The highest BCUT2D eigenvalue weighted by atomic mass is 32.2. The molecule has 2 rings (SSSR count). The molecular formula is C14H12F3NOS2. The summed E-state index contributed by atoms with van der Waals surface area (Å²) in [5, 5.41) is 4.44. The Kier molecular flexibility index (Phi) is 5.30. The molecule has 2 aromatic rings. The fourth-order valence-corrected chi connectivity index (χ4v) is 3.39. The highest BCUT2D eigenvalue weighted by Crippen LogP contribution is 2.30. The van der Waals surface area contributed by atoms with Crippen LogP contribution in [0, 0.1) is 0 Å². The standard InChI is InChI=1S/C14H12F3NOS2/c15-14(16,17)10-3-1-4-11(9-10)18-12(19)6-8-21-13-5-2-7-20-13/h1-5,7,9H,6,8H2,(H,18,19). The maximum atomic E-state index is 12.6. The number of benzene rings is 1. The van der Waals surface area contributed by atoms with Gasteiger partial charge in [-0.3, -0.25) is 4.79 Å². The minimum Gasteiger partial charge on any atom is -0.326 e. The van der Waals surface area contributed by atoms with E-state index in [4.69, 9.17) is 0 Å². The largest absolute Gasteiger partial charge is 0.416 e. The average Bonchev–Trinajstić information content (AvgIpc) is 2.91. The summed E-state index contributed by atoms with van der Waals surface area (Å²) < 4.78 is 38.8. The Bertz CT molecular complexity index is 597. The Morgan fingerprint density at radius 3 is 2.71 bits per heavy atom. The second-order valence-electron chi connectivity index (χ2n) is 4.16. The second-order valence-corrected chi connectivity index (χ2v) is 6.50. The van der Waals surface area contributed by atoms with Crippen molar-refractivity contribution in [3.63, 3.8) is 0 Å². The van der Waals surface area contributed by atoms with E-state index < -0.39 is 11.7 Å². The summed E-state index contributed by atoms with van der Waals surface area (Å²) in [4.78, 5) is 11.7. The highest BCUT2D eigenvalue weighted by Gasteiger charge is 2.30. The van der Waals surface area contributed by atoms with Crippen molar-refractivity contribution in [1.82, 2.24) is 0 Å². The van der Waals surface area contributed by atoms with Crippen LogP contribution in [0.4, 0.5) is 18.9 Å². The van der Waals surface area contributed by atoms with Crippen LogP contribution < -0.4 is 5.32 Å². The third kappa shape index (κ3) is 5.09. The van der Waals surface area contributed by atoms with Gasteiger partial charge in [0.2, 0.25) is 5.91 Å². The fourth-order valence-electron chi connectivity index (χ4n) is 1.59. The molecule has 0 fully saturated rings. The van der Waals surface area contributed by atoms with Gasteiger partial charge in [0.05, 0.1) is 9.77 Å². The van der Waals surface area contributed by atoms with E-state index in [2.05, 4.69) is 5.32 Å². The third-order valence-electron chi connectivity index (χ3n) is 2.54. The molecule has 1 amide bonds. The van der Waals surface area contributed by atoms with Gasteiger partial charge in [0.1, 0.15) is 0 Å². The normalized spacial score (nSPS) is 11.4. The molecule has 0 atom stereocenters. The Hall–Kier alpha value is -1.47. The molecule has 0 bridgehead atoms. The Balaban J connectivity index is 1.85. The Labute approximate surface area is 128 Å². The first-order valence-electron chi connectivity index (χ1n) is 6.08. The quantitative estimate of drug-likeness (QED) is 0.791. The van der Waals surface area contributed by atoms with Crippen molar-refractivity contribution in [2.45, 2.75) is 16.8 Å². The molecule has 0 aliphatic heterocycles. The van der Waals surface area contributed by atoms with Crippen LogP contribution in [0.15, 0.2) is 46.0 Å². The predicted octanol–water partition coefficient (Wildman–Crippen LogP) is 4.89. The van der Waals surface area contributed by atoms with Gasteiger partial charge in [-0.15, -0.1) is 23.1 Å². The molecular weight excluding hydrogens is 319 g/mol. The first-order valence-corrected chi connectivity index (χ1v) is 7.95. The number of hydrogen-bond donors (Lipinski definition) is 1. The lowest BCUT2D eigenvalue weighted by molar-refractivity contribution is -0.137. The highest BCUT2D eigenvalue weighted by molar-refractivity contribution is 8.01. The van der Waals surface area contributed by atoms with E-state index >= 15 is 0 Å². The van der Waals surface area contributed by atoms with Crippen LogP contribution in [-0.4, -0.2) is 11.7 Å². The van der Waals surface area contributed by atoms with E-state index in [0.717, 1.165) is 16.3 Å². The van der Waals surface area contributed by atoms with Crippen LogP contribution in [0.3, 0.4) is 0 Å². The molecule has 21 heavy (non-hydrogen) atoms. The summed E-state index contributed by atoms with van der Waals surface area (Å²) in [6, 6.07) is 8.51. The van der Waals surface area contributed by atoms with E-state index in [9.17, 15) is 18.0 Å². The van der Waals surface area contributed by atoms with Gasteiger partial charge in [-0.1, -0.05) is 12.1 Å². The Morgan fingerprint density at radius 1 is 1.24 bits per heavy atom. The van der Waals surface area contributed by atoms with Crippen LogP contribution in [0.5, 0.6) is 0 Å². The van der Waals surface area contributed by atoms with Crippen LogP contribution in [0.1, 0.15) is 12.0 Å². The van der Waals surface area contributed by atoms with Crippen LogP contribution >= 0.6 is 23.1 Å². The molecule has 1 aromatic heterocycles. The van der Waals surface area contributed by atoms with Gasteiger partial charge in [0.15, 0.2) is 0 Å². The van der Waals surface area contributed by atoms with E-state index in [1.54, 1.807) is 23.1 Å². The fraction of sp³-hybridized carbons (Fsp3) is 0.214.